The van der Waals surface area contributed by atoms with Crippen LogP contribution >= 0.6 is 0 Å². The lowest BCUT2D eigenvalue weighted by Crippen LogP contribution is -2.23. The van der Waals surface area contributed by atoms with Crippen molar-refractivity contribution in [2.24, 2.45) is 0 Å². The molecule has 4 rings (SSSR count). The highest BCUT2D eigenvalue weighted by Gasteiger charge is 2.32. The molecule has 2 atom stereocenters. The highest BCUT2D eigenvalue weighted by atomic mass is 16.3. The fourth-order valence-electron chi connectivity index (χ4n) is 3.75. The van der Waals surface area contributed by atoms with E-state index in [1.54, 1.807) is 0 Å². The molecule has 2 aliphatic carbocycles. The molecular weight excluding hydrogens is 244 g/mol. The first-order valence-electron chi connectivity index (χ1n) is 7.70. The van der Waals surface area contributed by atoms with E-state index in [1.165, 1.54) is 47.9 Å². The Morgan fingerprint density at radius 3 is 2.55 bits per heavy atom. The van der Waals surface area contributed by atoms with Crippen LogP contribution in [-0.2, 0) is 19.3 Å². The number of hydrogen-bond donors (Lipinski definition) is 1. The first-order chi connectivity index (χ1) is 9.83. The summed E-state index contributed by atoms with van der Waals surface area (Å²) in [4.78, 5) is 0. The lowest BCUT2D eigenvalue weighted by atomic mass is 9.72. The Balaban J connectivity index is 1.62. The fraction of sp³-hybridized carbons (Fsp3) is 0.368. The SMILES string of the molecule is OC(c1ccc2c(c1)CCCC2)C1Cc2ccccc21. The average Bonchev–Trinajstić information content (AvgIpc) is 2.48. The molecule has 2 aromatic rings. The average molecular weight is 264 g/mol. The Kier molecular flexibility index (Phi) is 2.89. The van der Waals surface area contributed by atoms with E-state index in [4.69, 9.17) is 0 Å². The van der Waals surface area contributed by atoms with Crippen LogP contribution in [0.3, 0.4) is 0 Å². The number of aliphatic hydroxyl groups is 1. The highest BCUT2D eigenvalue weighted by Crippen LogP contribution is 2.43. The van der Waals surface area contributed by atoms with E-state index in [0.29, 0.717) is 0 Å². The van der Waals surface area contributed by atoms with Crippen LogP contribution in [0.1, 0.15) is 52.7 Å². The second-order valence-electron chi connectivity index (χ2n) is 6.19. The molecule has 0 saturated carbocycles. The molecule has 0 bridgehead atoms. The smallest absolute Gasteiger partial charge is 0.0861 e. The van der Waals surface area contributed by atoms with Crippen LogP contribution in [0.5, 0.6) is 0 Å². The molecule has 20 heavy (non-hydrogen) atoms. The third-order valence-electron chi connectivity index (χ3n) is 4.99. The molecule has 0 saturated heterocycles. The van der Waals surface area contributed by atoms with Crippen molar-refractivity contribution in [1.29, 1.82) is 0 Å². The Labute approximate surface area is 120 Å². The quantitative estimate of drug-likeness (QED) is 0.871. The van der Waals surface area contributed by atoms with Crippen LogP contribution in [-0.4, -0.2) is 5.11 Å². The van der Waals surface area contributed by atoms with Crippen molar-refractivity contribution in [1.82, 2.24) is 0 Å². The minimum absolute atomic E-state index is 0.285. The van der Waals surface area contributed by atoms with Gasteiger partial charge in [0.05, 0.1) is 6.10 Å². The number of rotatable bonds is 2. The lowest BCUT2D eigenvalue weighted by molar-refractivity contribution is 0.134. The molecular formula is C19H20O. The predicted molar refractivity (Wildman–Crippen MR) is 80.9 cm³/mol. The second kappa shape index (κ2) is 4.75. The van der Waals surface area contributed by atoms with Crippen LogP contribution in [0, 0.1) is 0 Å². The molecule has 0 heterocycles. The van der Waals surface area contributed by atoms with Crippen molar-refractivity contribution in [2.45, 2.75) is 44.1 Å². The van der Waals surface area contributed by atoms with Gasteiger partial charge in [0.15, 0.2) is 0 Å². The maximum absolute atomic E-state index is 10.7. The molecule has 1 N–H and O–H groups in total. The van der Waals surface area contributed by atoms with Gasteiger partial charge in [-0.3, -0.25) is 0 Å². The van der Waals surface area contributed by atoms with E-state index in [9.17, 15) is 5.11 Å². The van der Waals surface area contributed by atoms with Gasteiger partial charge in [0.1, 0.15) is 0 Å². The number of aliphatic hydroxyl groups excluding tert-OH is 1. The summed E-state index contributed by atoms with van der Waals surface area (Å²) >= 11 is 0. The topological polar surface area (TPSA) is 20.2 Å². The predicted octanol–water partition coefficient (Wildman–Crippen LogP) is 3.94. The summed E-state index contributed by atoms with van der Waals surface area (Å²) in [7, 11) is 0. The first kappa shape index (κ1) is 12.2. The second-order valence-corrected chi connectivity index (χ2v) is 6.19. The summed E-state index contributed by atoms with van der Waals surface area (Å²) in [5.74, 6) is 0.285. The number of aryl methyl sites for hydroxylation is 2. The minimum atomic E-state index is -0.350. The molecule has 2 unspecified atom stereocenters. The van der Waals surface area contributed by atoms with Gasteiger partial charge < -0.3 is 5.11 Å². The largest absolute Gasteiger partial charge is 0.388 e. The molecule has 0 amide bonds. The molecule has 0 spiro atoms. The van der Waals surface area contributed by atoms with Crippen molar-refractivity contribution < 1.29 is 5.11 Å². The fourth-order valence-corrected chi connectivity index (χ4v) is 3.75. The van der Waals surface area contributed by atoms with Gasteiger partial charge in [-0.2, -0.15) is 0 Å². The van der Waals surface area contributed by atoms with Crippen LogP contribution in [0.25, 0.3) is 0 Å². The molecule has 1 nitrogen and oxygen atoms in total. The molecule has 0 radical (unpaired) electrons. The summed E-state index contributed by atoms with van der Waals surface area (Å²) in [6, 6.07) is 15.1. The van der Waals surface area contributed by atoms with Gasteiger partial charge in [-0.15, -0.1) is 0 Å². The molecule has 2 aromatic carbocycles. The minimum Gasteiger partial charge on any atom is -0.388 e. The number of hydrogen-bond acceptors (Lipinski definition) is 1. The normalized spacial score (nSPS) is 21.6. The van der Waals surface area contributed by atoms with Crippen LogP contribution in [0.4, 0.5) is 0 Å². The van der Waals surface area contributed by atoms with Gasteiger partial charge >= 0.3 is 0 Å². The van der Waals surface area contributed by atoms with E-state index in [1.807, 2.05) is 0 Å². The zero-order chi connectivity index (χ0) is 13.5. The van der Waals surface area contributed by atoms with E-state index in [2.05, 4.69) is 42.5 Å². The van der Waals surface area contributed by atoms with Gasteiger partial charge in [-0.1, -0.05) is 42.5 Å². The Bertz CT molecular complexity index is 644. The van der Waals surface area contributed by atoms with Gasteiger partial charge in [-0.25, -0.2) is 0 Å². The van der Waals surface area contributed by atoms with E-state index in [-0.39, 0.29) is 12.0 Å². The van der Waals surface area contributed by atoms with Gasteiger partial charge in [0, 0.05) is 5.92 Å². The standard InChI is InChI=1S/C19H20O/c20-19(18-12-15-7-3-4-8-17(15)18)16-10-9-13-5-1-2-6-14(13)11-16/h3-4,7-11,18-20H,1-2,5-6,12H2. The van der Waals surface area contributed by atoms with Crippen molar-refractivity contribution in [2.75, 3.05) is 0 Å². The molecule has 0 aliphatic heterocycles. The summed E-state index contributed by atoms with van der Waals surface area (Å²) in [5, 5.41) is 10.7. The Hall–Kier alpha value is -1.60. The summed E-state index contributed by atoms with van der Waals surface area (Å²) in [5.41, 5.74) is 6.78. The van der Waals surface area contributed by atoms with Gasteiger partial charge in [0.25, 0.3) is 0 Å². The van der Waals surface area contributed by atoms with Crippen molar-refractivity contribution in [3.8, 4) is 0 Å². The monoisotopic (exact) mass is 264 g/mol. The highest BCUT2D eigenvalue weighted by molar-refractivity contribution is 5.43. The maximum atomic E-state index is 10.7. The third kappa shape index (κ3) is 1.89. The molecule has 102 valence electrons. The Morgan fingerprint density at radius 1 is 0.900 bits per heavy atom. The summed E-state index contributed by atoms with van der Waals surface area (Å²) in [6.07, 6.45) is 5.64. The maximum Gasteiger partial charge on any atom is 0.0861 e. The van der Waals surface area contributed by atoms with Gasteiger partial charge in [-0.05, 0) is 59.9 Å². The van der Waals surface area contributed by atoms with Gasteiger partial charge in [0.2, 0.25) is 0 Å². The first-order valence-corrected chi connectivity index (χ1v) is 7.70. The van der Waals surface area contributed by atoms with Crippen molar-refractivity contribution >= 4 is 0 Å². The molecule has 0 aromatic heterocycles. The lowest BCUT2D eigenvalue weighted by Gasteiger charge is -2.34. The van der Waals surface area contributed by atoms with E-state index >= 15 is 0 Å². The van der Waals surface area contributed by atoms with Crippen molar-refractivity contribution in [3.63, 3.8) is 0 Å². The zero-order valence-electron chi connectivity index (χ0n) is 11.7. The summed E-state index contributed by atoms with van der Waals surface area (Å²) < 4.78 is 0. The zero-order valence-corrected chi connectivity index (χ0v) is 11.7. The van der Waals surface area contributed by atoms with Crippen LogP contribution < -0.4 is 0 Å². The number of benzene rings is 2. The Morgan fingerprint density at radius 2 is 1.70 bits per heavy atom. The number of fused-ring (bicyclic) bond motifs is 2. The van der Waals surface area contributed by atoms with E-state index < -0.39 is 0 Å². The summed E-state index contributed by atoms with van der Waals surface area (Å²) in [6.45, 7) is 0. The molecule has 2 aliphatic rings. The third-order valence-corrected chi connectivity index (χ3v) is 4.99. The molecule has 0 fully saturated rings. The van der Waals surface area contributed by atoms with Crippen LogP contribution in [0.15, 0.2) is 42.5 Å². The molecule has 1 heteroatoms. The van der Waals surface area contributed by atoms with E-state index in [0.717, 1.165) is 12.0 Å². The van der Waals surface area contributed by atoms with Crippen LogP contribution in [0.2, 0.25) is 0 Å². The van der Waals surface area contributed by atoms with Crippen molar-refractivity contribution in [3.05, 3.63) is 70.3 Å².